The second-order valence-electron chi connectivity index (χ2n) is 8.36. The maximum absolute atomic E-state index is 12.8. The van der Waals surface area contributed by atoms with E-state index in [1.54, 1.807) is 6.20 Å². The van der Waals surface area contributed by atoms with Gasteiger partial charge in [-0.3, -0.25) is 19.2 Å². The Kier molecular flexibility index (Phi) is 10.8. The number of rotatable bonds is 15. The summed E-state index contributed by atoms with van der Waals surface area (Å²) in [6.07, 6.45) is 2.85. The molecule has 0 saturated carbocycles. The fourth-order valence-electron chi connectivity index (χ4n) is 3.61. The number of aliphatic carboxylic acids is 1. The molecule has 0 spiro atoms. The highest BCUT2D eigenvalue weighted by Crippen LogP contribution is 2.18. The van der Waals surface area contributed by atoms with Crippen molar-refractivity contribution in [3.05, 3.63) is 36.0 Å². The van der Waals surface area contributed by atoms with Gasteiger partial charge in [0.1, 0.15) is 12.1 Å². The summed E-state index contributed by atoms with van der Waals surface area (Å²) in [5.74, 6) is -4.36. The van der Waals surface area contributed by atoms with Crippen LogP contribution in [0.4, 0.5) is 0 Å². The van der Waals surface area contributed by atoms with E-state index < -0.39 is 60.7 Å². The average molecular weight is 504 g/mol. The van der Waals surface area contributed by atoms with Crippen LogP contribution < -0.4 is 33.2 Å². The zero-order valence-electron chi connectivity index (χ0n) is 19.8. The highest BCUT2D eigenvalue weighted by atomic mass is 16.4. The average Bonchev–Trinajstić information content (AvgIpc) is 3.23. The largest absolute Gasteiger partial charge is 0.480 e. The van der Waals surface area contributed by atoms with Crippen molar-refractivity contribution in [1.82, 2.24) is 20.9 Å². The number of carbonyl (C=O) groups is 5. The number of para-hydroxylation sites is 1. The van der Waals surface area contributed by atoms with Gasteiger partial charge in [0.2, 0.25) is 23.6 Å². The van der Waals surface area contributed by atoms with Gasteiger partial charge >= 0.3 is 5.97 Å². The molecule has 0 aliphatic heterocycles. The number of carbonyl (C=O) groups excluding carboxylic acids is 4. The van der Waals surface area contributed by atoms with Gasteiger partial charge in [-0.2, -0.15) is 0 Å². The summed E-state index contributed by atoms with van der Waals surface area (Å²) in [5, 5.41) is 17.1. The van der Waals surface area contributed by atoms with Crippen molar-refractivity contribution in [1.29, 1.82) is 0 Å². The number of nitrogens with one attached hydrogen (secondary N) is 4. The predicted molar refractivity (Wildman–Crippen MR) is 131 cm³/mol. The molecule has 0 saturated heterocycles. The number of aromatic amines is 1. The smallest absolute Gasteiger partial charge is 0.326 e. The molecule has 36 heavy (non-hydrogen) atoms. The van der Waals surface area contributed by atoms with Crippen LogP contribution in [-0.2, 0) is 30.4 Å². The molecular weight excluding hydrogens is 470 g/mol. The first-order valence-electron chi connectivity index (χ1n) is 11.5. The lowest BCUT2D eigenvalue weighted by Crippen LogP contribution is -2.54. The zero-order chi connectivity index (χ0) is 26.7. The Hall–Kier alpha value is -3.97. The van der Waals surface area contributed by atoms with Gasteiger partial charge in [0.25, 0.3) is 0 Å². The lowest BCUT2D eigenvalue weighted by molar-refractivity contribution is -0.143. The second-order valence-corrected chi connectivity index (χ2v) is 8.36. The molecule has 2 aromatic rings. The van der Waals surface area contributed by atoms with E-state index in [9.17, 15) is 24.0 Å². The SMILES string of the molecule is NCCCCC(NC(=O)C(N)Cc1c[nH]c2ccccc12)C(=O)NCC(=O)NC(CC(N)=O)C(=O)O. The van der Waals surface area contributed by atoms with E-state index >= 15 is 0 Å². The molecule has 196 valence electrons. The molecule has 1 aromatic carbocycles. The van der Waals surface area contributed by atoms with Crippen LogP contribution in [0.2, 0.25) is 0 Å². The number of carboxylic acid groups (broad SMARTS) is 1. The summed E-state index contributed by atoms with van der Waals surface area (Å²) in [4.78, 5) is 62.8. The maximum atomic E-state index is 12.8. The molecule has 0 aliphatic carbocycles. The van der Waals surface area contributed by atoms with Crippen molar-refractivity contribution in [2.45, 2.75) is 50.2 Å². The Morgan fingerprint density at radius 3 is 2.39 bits per heavy atom. The Bertz CT molecular complexity index is 1090. The van der Waals surface area contributed by atoms with Crippen molar-refractivity contribution >= 4 is 40.5 Å². The van der Waals surface area contributed by atoms with Crippen LogP contribution in [0.25, 0.3) is 10.9 Å². The van der Waals surface area contributed by atoms with Gasteiger partial charge in [-0.05, 0) is 43.9 Å². The second kappa shape index (κ2) is 13.8. The lowest BCUT2D eigenvalue weighted by Gasteiger charge is -2.21. The summed E-state index contributed by atoms with van der Waals surface area (Å²) in [7, 11) is 0. The fraction of sp³-hybridized carbons (Fsp3) is 0.435. The molecule has 0 bridgehead atoms. The molecule has 13 heteroatoms. The number of primary amides is 1. The van der Waals surface area contributed by atoms with Gasteiger partial charge in [-0.25, -0.2) is 4.79 Å². The molecule has 1 aromatic heterocycles. The Morgan fingerprint density at radius 2 is 1.72 bits per heavy atom. The van der Waals surface area contributed by atoms with Crippen molar-refractivity contribution in [2.24, 2.45) is 17.2 Å². The fourth-order valence-corrected chi connectivity index (χ4v) is 3.61. The Labute approximate surface area is 207 Å². The number of nitrogens with two attached hydrogens (primary N) is 3. The zero-order valence-corrected chi connectivity index (χ0v) is 19.8. The molecule has 0 fully saturated rings. The van der Waals surface area contributed by atoms with E-state index in [-0.39, 0.29) is 12.8 Å². The van der Waals surface area contributed by atoms with Crippen molar-refractivity contribution in [2.75, 3.05) is 13.1 Å². The number of unbranched alkanes of at least 4 members (excludes halogenated alkanes) is 1. The van der Waals surface area contributed by atoms with Crippen LogP contribution in [0.1, 0.15) is 31.2 Å². The van der Waals surface area contributed by atoms with Crippen LogP contribution >= 0.6 is 0 Å². The normalized spacial score (nSPS) is 13.4. The number of fused-ring (bicyclic) bond motifs is 1. The van der Waals surface area contributed by atoms with E-state index in [0.29, 0.717) is 19.4 Å². The van der Waals surface area contributed by atoms with Crippen molar-refractivity contribution < 1.29 is 29.1 Å². The summed E-state index contributed by atoms with van der Waals surface area (Å²) >= 11 is 0. The molecule has 1 heterocycles. The molecule has 13 nitrogen and oxygen atoms in total. The van der Waals surface area contributed by atoms with Gasteiger partial charge in [-0.15, -0.1) is 0 Å². The third-order valence-corrected chi connectivity index (χ3v) is 5.49. The molecule has 4 amide bonds. The molecule has 0 aliphatic rings. The minimum Gasteiger partial charge on any atom is -0.480 e. The van der Waals surface area contributed by atoms with Gasteiger partial charge < -0.3 is 43.2 Å². The van der Waals surface area contributed by atoms with E-state index in [0.717, 1.165) is 16.5 Å². The number of hydrogen-bond donors (Lipinski definition) is 8. The molecule has 3 atom stereocenters. The van der Waals surface area contributed by atoms with Crippen LogP contribution in [0.3, 0.4) is 0 Å². The molecular formula is C23H33N7O6. The third-order valence-electron chi connectivity index (χ3n) is 5.49. The highest BCUT2D eigenvalue weighted by Gasteiger charge is 2.26. The quantitative estimate of drug-likeness (QED) is 0.129. The molecule has 3 unspecified atom stereocenters. The minimum absolute atomic E-state index is 0.242. The van der Waals surface area contributed by atoms with Gasteiger partial charge in [0.05, 0.1) is 19.0 Å². The lowest BCUT2D eigenvalue weighted by atomic mass is 10.0. The summed E-state index contributed by atoms with van der Waals surface area (Å²) in [6, 6.07) is 4.16. The number of amides is 4. The number of H-pyrrole nitrogens is 1. The first-order valence-corrected chi connectivity index (χ1v) is 11.5. The predicted octanol–water partition coefficient (Wildman–Crippen LogP) is -1.79. The van der Waals surface area contributed by atoms with Crippen molar-refractivity contribution in [3.63, 3.8) is 0 Å². The molecule has 0 radical (unpaired) electrons. The third kappa shape index (κ3) is 8.67. The monoisotopic (exact) mass is 503 g/mol. The van der Waals surface area contributed by atoms with E-state index in [4.69, 9.17) is 22.3 Å². The van der Waals surface area contributed by atoms with E-state index in [2.05, 4.69) is 20.9 Å². The van der Waals surface area contributed by atoms with Crippen molar-refractivity contribution in [3.8, 4) is 0 Å². The molecule has 2 rings (SSSR count). The van der Waals surface area contributed by atoms with E-state index in [1.807, 2.05) is 24.3 Å². The number of hydrogen-bond acceptors (Lipinski definition) is 7. The van der Waals surface area contributed by atoms with Crippen LogP contribution in [-0.4, -0.2) is 70.9 Å². The first kappa shape index (κ1) is 28.3. The maximum Gasteiger partial charge on any atom is 0.326 e. The summed E-state index contributed by atoms with van der Waals surface area (Å²) in [5.41, 5.74) is 18.4. The first-order chi connectivity index (χ1) is 17.1. The summed E-state index contributed by atoms with van der Waals surface area (Å²) < 4.78 is 0. The minimum atomic E-state index is -1.52. The standard InChI is InChI=1S/C23H33N7O6/c24-8-4-3-7-17(22(34)28-12-20(32)29-18(23(35)36)10-19(26)31)30-21(33)15(25)9-13-11-27-16-6-2-1-5-14(13)16/h1-2,5-6,11,15,17-18,27H,3-4,7-10,12,24-25H2,(H2,26,31)(H,28,34)(H,29,32)(H,30,33)(H,35,36). The summed E-state index contributed by atoms with van der Waals surface area (Å²) in [6.45, 7) is -0.159. The number of carboxylic acids is 1. The van der Waals surface area contributed by atoms with E-state index in [1.165, 1.54) is 0 Å². The van der Waals surface area contributed by atoms with Crippen LogP contribution in [0.15, 0.2) is 30.5 Å². The van der Waals surface area contributed by atoms with Gasteiger partial charge in [0, 0.05) is 17.1 Å². The van der Waals surface area contributed by atoms with Gasteiger partial charge in [0.15, 0.2) is 0 Å². The topological polar surface area (TPSA) is 236 Å². The van der Waals surface area contributed by atoms with Gasteiger partial charge in [-0.1, -0.05) is 18.2 Å². The van der Waals surface area contributed by atoms with Crippen LogP contribution in [0.5, 0.6) is 0 Å². The Balaban J connectivity index is 1.96. The number of benzene rings is 1. The molecule has 11 N–H and O–H groups in total. The Morgan fingerprint density at radius 1 is 1.00 bits per heavy atom. The highest BCUT2D eigenvalue weighted by molar-refractivity contribution is 5.93. The number of aromatic nitrogens is 1. The van der Waals surface area contributed by atoms with Crippen LogP contribution in [0, 0.1) is 0 Å².